The highest BCUT2D eigenvalue weighted by atomic mass is 16.5. The van der Waals surface area contributed by atoms with Gasteiger partial charge in [-0.25, -0.2) is 4.98 Å². The average Bonchev–Trinajstić information content (AvgIpc) is 2.91. The predicted octanol–water partition coefficient (Wildman–Crippen LogP) is 3.95. The zero-order valence-corrected chi connectivity index (χ0v) is 23.1. The van der Waals surface area contributed by atoms with Crippen LogP contribution in [0.25, 0.3) is 16.3 Å². The van der Waals surface area contributed by atoms with Crippen LogP contribution in [-0.2, 0) is 0 Å². The van der Waals surface area contributed by atoms with E-state index in [-0.39, 0.29) is 18.5 Å². The number of fused-ring (bicyclic) bond motifs is 1. The molecule has 1 saturated heterocycles. The number of pyridine rings is 1. The van der Waals surface area contributed by atoms with E-state index < -0.39 is 5.60 Å². The van der Waals surface area contributed by atoms with Crippen molar-refractivity contribution in [1.82, 2.24) is 15.2 Å². The van der Waals surface area contributed by atoms with Gasteiger partial charge >= 0.3 is 0 Å². The SMILES string of the molecule is COc1cc(C(=O)NC2CCN(C)CC2)ccc1Nc1cc2cc(C(C=NCC(C)(C)O)=CN)ccc2cn1. The monoisotopic (exact) mass is 530 g/mol. The normalized spacial score (nSPS) is 15.6. The second-order valence-electron chi connectivity index (χ2n) is 10.6. The molecule has 39 heavy (non-hydrogen) atoms. The van der Waals surface area contributed by atoms with Crippen LogP contribution in [0.4, 0.5) is 11.5 Å². The highest BCUT2D eigenvalue weighted by molar-refractivity contribution is 6.10. The van der Waals surface area contributed by atoms with E-state index >= 15 is 0 Å². The minimum atomic E-state index is -0.887. The van der Waals surface area contributed by atoms with Gasteiger partial charge in [0.05, 0.1) is 24.9 Å². The van der Waals surface area contributed by atoms with Crippen LogP contribution < -0.4 is 21.1 Å². The van der Waals surface area contributed by atoms with Crippen molar-refractivity contribution in [1.29, 1.82) is 0 Å². The smallest absolute Gasteiger partial charge is 0.251 e. The number of amides is 1. The molecule has 1 aromatic heterocycles. The highest BCUT2D eigenvalue weighted by Crippen LogP contribution is 2.30. The third-order valence-electron chi connectivity index (χ3n) is 6.72. The van der Waals surface area contributed by atoms with Crippen molar-refractivity contribution in [3.8, 4) is 5.75 Å². The summed E-state index contributed by atoms with van der Waals surface area (Å²) < 4.78 is 5.60. The number of hydrogen-bond acceptors (Lipinski definition) is 8. The van der Waals surface area contributed by atoms with Gasteiger partial charge in [-0.15, -0.1) is 0 Å². The van der Waals surface area contributed by atoms with Gasteiger partial charge in [0.15, 0.2) is 0 Å². The van der Waals surface area contributed by atoms with Crippen LogP contribution in [0.5, 0.6) is 5.75 Å². The number of ether oxygens (including phenoxy) is 1. The summed E-state index contributed by atoms with van der Waals surface area (Å²) in [4.78, 5) is 24.0. The van der Waals surface area contributed by atoms with Crippen molar-refractivity contribution in [3.05, 3.63) is 66.0 Å². The lowest BCUT2D eigenvalue weighted by molar-refractivity contribution is 0.0902. The first-order valence-corrected chi connectivity index (χ1v) is 13.1. The summed E-state index contributed by atoms with van der Waals surface area (Å²) >= 11 is 0. The summed E-state index contributed by atoms with van der Waals surface area (Å²) in [6.07, 6.45) is 6.88. The van der Waals surface area contributed by atoms with Crippen molar-refractivity contribution in [2.75, 3.05) is 39.1 Å². The molecule has 2 aromatic carbocycles. The van der Waals surface area contributed by atoms with Gasteiger partial charge in [-0.05, 0) is 88.1 Å². The maximum absolute atomic E-state index is 12.9. The van der Waals surface area contributed by atoms with E-state index in [9.17, 15) is 9.90 Å². The Kier molecular flexibility index (Phi) is 8.83. The zero-order valence-electron chi connectivity index (χ0n) is 23.1. The number of aliphatic imine (C=N–C) groups is 1. The van der Waals surface area contributed by atoms with Gasteiger partial charge in [-0.3, -0.25) is 9.79 Å². The third-order valence-corrected chi connectivity index (χ3v) is 6.72. The van der Waals surface area contributed by atoms with Crippen molar-refractivity contribution < 1.29 is 14.6 Å². The molecule has 3 aromatic rings. The van der Waals surface area contributed by atoms with Gasteiger partial charge < -0.3 is 31.1 Å². The number of benzene rings is 2. The molecule has 9 nitrogen and oxygen atoms in total. The predicted molar refractivity (Wildman–Crippen MR) is 158 cm³/mol. The number of anilines is 2. The van der Waals surface area contributed by atoms with Crippen LogP contribution in [0.2, 0.25) is 0 Å². The Balaban J connectivity index is 1.50. The molecule has 5 N–H and O–H groups in total. The molecule has 0 bridgehead atoms. The maximum atomic E-state index is 12.9. The number of aromatic nitrogens is 1. The third kappa shape index (κ3) is 7.55. The minimum Gasteiger partial charge on any atom is -0.495 e. The molecule has 0 unspecified atom stereocenters. The lowest BCUT2D eigenvalue weighted by atomic mass is 10.0. The van der Waals surface area contributed by atoms with E-state index in [0.29, 0.717) is 22.8 Å². The fourth-order valence-electron chi connectivity index (χ4n) is 4.47. The van der Waals surface area contributed by atoms with Gasteiger partial charge in [0.25, 0.3) is 5.91 Å². The van der Waals surface area contributed by atoms with E-state index in [4.69, 9.17) is 10.5 Å². The maximum Gasteiger partial charge on any atom is 0.251 e. The van der Waals surface area contributed by atoms with E-state index in [1.165, 1.54) is 6.20 Å². The van der Waals surface area contributed by atoms with Crippen molar-refractivity contribution >= 4 is 40.0 Å². The number of likely N-dealkylation sites (tertiary alicyclic amines) is 1. The first kappa shape index (κ1) is 28.1. The number of carbonyl (C=O) groups excluding carboxylic acids is 1. The van der Waals surface area contributed by atoms with Crippen LogP contribution in [0.15, 0.2) is 59.9 Å². The molecule has 1 fully saturated rings. The number of piperidine rings is 1. The van der Waals surface area contributed by atoms with Gasteiger partial charge in [0, 0.05) is 41.2 Å². The summed E-state index contributed by atoms with van der Waals surface area (Å²) in [5, 5.41) is 18.3. The van der Waals surface area contributed by atoms with Crippen LogP contribution in [-0.4, -0.2) is 72.5 Å². The highest BCUT2D eigenvalue weighted by Gasteiger charge is 2.20. The first-order valence-electron chi connectivity index (χ1n) is 13.1. The average molecular weight is 531 g/mol. The quantitative estimate of drug-likeness (QED) is 0.309. The first-order chi connectivity index (χ1) is 18.6. The van der Waals surface area contributed by atoms with Gasteiger partial charge in [0.2, 0.25) is 0 Å². The molecular weight excluding hydrogens is 492 g/mol. The van der Waals surface area contributed by atoms with Crippen LogP contribution in [0.3, 0.4) is 0 Å². The Labute approximate surface area is 229 Å². The molecule has 0 spiro atoms. The molecule has 0 radical (unpaired) electrons. The van der Waals surface area contributed by atoms with Gasteiger partial charge in [-0.1, -0.05) is 12.1 Å². The number of carbonyl (C=O) groups is 1. The minimum absolute atomic E-state index is 0.0967. The molecule has 1 amide bonds. The van der Waals surface area contributed by atoms with E-state index in [2.05, 4.69) is 32.6 Å². The standard InChI is InChI=1S/C30H38N6O3/c1-30(2,38)19-32-17-24(16-31)20-5-6-22-18-33-28(15-23(22)13-20)35-26-8-7-21(14-27(26)39-4)29(37)34-25-9-11-36(3)12-10-25/h5-8,13-18,25,38H,9-12,19,31H2,1-4H3,(H,33,35)(H,34,37). The second kappa shape index (κ2) is 12.3. The summed E-state index contributed by atoms with van der Waals surface area (Å²) in [6, 6.07) is 13.5. The van der Waals surface area contributed by atoms with E-state index in [1.54, 1.807) is 45.5 Å². The molecule has 0 aliphatic carbocycles. The lowest BCUT2D eigenvalue weighted by Crippen LogP contribution is -2.43. The van der Waals surface area contributed by atoms with Gasteiger partial charge in [0.1, 0.15) is 11.6 Å². The number of hydrogen-bond donors (Lipinski definition) is 4. The second-order valence-corrected chi connectivity index (χ2v) is 10.6. The summed E-state index contributed by atoms with van der Waals surface area (Å²) in [7, 11) is 3.68. The van der Waals surface area contributed by atoms with Crippen molar-refractivity contribution in [2.24, 2.45) is 10.7 Å². The molecule has 1 aliphatic rings. The molecular formula is C30H38N6O3. The van der Waals surface area contributed by atoms with Crippen LogP contribution >= 0.6 is 0 Å². The molecule has 9 heteroatoms. The number of nitrogens with one attached hydrogen (secondary N) is 2. The number of rotatable bonds is 9. The van der Waals surface area contributed by atoms with E-state index in [1.807, 2.05) is 30.3 Å². The molecule has 0 saturated carbocycles. The molecule has 4 rings (SSSR count). The summed E-state index contributed by atoms with van der Waals surface area (Å²) in [5.74, 6) is 1.09. The molecule has 0 atom stereocenters. The number of nitrogens with two attached hydrogens (primary N) is 1. The summed E-state index contributed by atoms with van der Waals surface area (Å²) in [5.41, 5.74) is 7.90. The Morgan fingerprint density at radius 2 is 1.92 bits per heavy atom. The lowest BCUT2D eigenvalue weighted by Gasteiger charge is -2.29. The molecule has 2 heterocycles. The van der Waals surface area contributed by atoms with Gasteiger partial charge in [-0.2, -0.15) is 0 Å². The number of allylic oxidation sites excluding steroid dienone is 1. The van der Waals surface area contributed by atoms with Crippen LogP contribution in [0.1, 0.15) is 42.6 Å². The summed E-state index contributed by atoms with van der Waals surface area (Å²) in [6.45, 7) is 5.66. The fraction of sp³-hybridized carbons (Fsp3) is 0.367. The topological polar surface area (TPSA) is 125 Å². The number of methoxy groups -OCH3 is 1. The molecule has 206 valence electrons. The molecule has 1 aliphatic heterocycles. The van der Waals surface area contributed by atoms with E-state index in [0.717, 1.165) is 47.8 Å². The Hall–Kier alpha value is -3.95. The number of nitrogens with zero attached hydrogens (tertiary/aromatic N) is 3. The number of aliphatic hydroxyl groups is 1. The van der Waals surface area contributed by atoms with Crippen molar-refractivity contribution in [3.63, 3.8) is 0 Å². The Morgan fingerprint density at radius 3 is 2.62 bits per heavy atom. The zero-order chi connectivity index (χ0) is 28.0. The van der Waals surface area contributed by atoms with Crippen molar-refractivity contribution in [2.45, 2.75) is 38.3 Å². The van der Waals surface area contributed by atoms with Crippen LogP contribution in [0, 0.1) is 0 Å². The largest absolute Gasteiger partial charge is 0.495 e. The Bertz CT molecular complexity index is 1370. The Morgan fingerprint density at radius 1 is 1.18 bits per heavy atom. The fourth-order valence-corrected chi connectivity index (χ4v) is 4.47.